The summed E-state index contributed by atoms with van der Waals surface area (Å²) in [7, 11) is 1.61. The Labute approximate surface area is 180 Å². The fourth-order valence-corrected chi connectivity index (χ4v) is 4.50. The minimum Gasteiger partial charge on any atom is -0.354 e. The molecule has 2 N–H and O–H groups in total. The number of fused-ring (bicyclic) bond motifs is 2. The summed E-state index contributed by atoms with van der Waals surface area (Å²) in [6.07, 6.45) is 5.54. The van der Waals surface area contributed by atoms with Crippen molar-refractivity contribution in [3.05, 3.63) is 53.6 Å². The number of nitrogens with zero attached hydrogens (tertiary/aromatic N) is 4. The predicted molar refractivity (Wildman–Crippen MR) is 118 cm³/mol. The van der Waals surface area contributed by atoms with Crippen LogP contribution in [0, 0.1) is 5.92 Å². The first-order valence-electron chi connectivity index (χ1n) is 10.8. The molecule has 31 heavy (non-hydrogen) atoms. The molecule has 0 aromatic carbocycles. The van der Waals surface area contributed by atoms with Crippen molar-refractivity contribution in [2.24, 2.45) is 5.92 Å². The molecule has 1 saturated heterocycles. The fourth-order valence-electron chi connectivity index (χ4n) is 4.50. The van der Waals surface area contributed by atoms with Gasteiger partial charge in [0.05, 0.1) is 28.5 Å². The Bertz CT molecular complexity index is 1160. The second-order valence-corrected chi connectivity index (χ2v) is 8.39. The maximum atomic E-state index is 12.2. The SMILES string of the molecule is CCC1Cc2ncc(CN3CC(n4ccc5nc(C(=O)NC)ccc54)C3)cc2NC1=O. The Kier molecular flexibility index (Phi) is 4.94. The highest BCUT2D eigenvalue weighted by atomic mass is 16.2. The van der Waals surface area contributed by atoms with Crippen LogP contribution in [0.4, 0.5) is 5.69 Å². The van der Waals surface area contributed by atoms with Crippen LogP contribution in [-0.4, -0.2) is 51.4 Å². The molecule has 3 aromatic rings. The van der Waals surface area contributed by atoms with Crippen molar-refractivity contribution in [1.82, 2.24) is 24.8 Å². The van der Waals surface area contributed by atoms with Gasteiger partial charge < -0.3 is 15.2 Å². The molecule has 5 rings (SSSR count). The van der Waals surface area contributed by atoms with Crippen LogP contribution in [0.25, 0.3) is 11.0 Å². The van der Waals surface area contributed by atoms with Gasteiger partial charge in [-0.3, -0.25) is 19.5 Å². The van der Waals surface area contributed by atoms with Crippen LogP contribution in [0.1, 0.15) is 41.1 Å². The van der Waals surface area contributed by atoms with E-state index in [0.29, 0.717) is 11.7 Å². The number of carbonyl (C=O) groups excluding carboxylic acids is 2. The van der Waals surface area contributed by atoms with E-state index in [-0.39, 0.29) is 17.7 Å². The molecule has 8 nitrogen and oxygen atoms in total. The number of likely N-dealkylation sites (tertiary alicyclic amines) is 1. The van der Waals surface area contributed by atoms with Gasteiger partial charge in [-0.25, -0.2) is 4.98 Å². The van der Waals surface area contributed by atoms with Crippen molar-refractivity contribution in [3.63, 3.8) is 0 Å². The topological polar surface area (TPSA) is 92.2 Å². The van der Waals surface area contributed by atoms with Crippen LogP contribution < -0.4 is 10.6 Å². The molecule has 0 radical (unpaired) electrons. The van der Waals surface area contributed by atoms with Crippen molar-refractivity contribution in [1.29, 1.82) is 0 Å². The van der Waals surface area contributed by atoms with Crippen LogP contribution in [0.5, 0.6) is 0 Å². The van der Waals surface area contributed by atoms with E-state index in [2.05, 4.69) is 36.1 Å². The summed E-state index contributed by atoms with van der Waals surface area (Å²) in [5, 5.41) is 5.63. The minimum atomic E-state index is -0.176. The molecule has 1 atom stereocenters. The highest BCUT2D eigenvalue weighted by Gasteiger charge is 2.30. The van der Waals surface area contributed by atoms with Gasteiger partial charge in [-0.2, -0.15) is 0 Å². The molecule has 1 unspecified atom stereocenters. The molecule has 8 heteroatoms. The maximum Gasteiger partial charge on any atom is 0.269 e. The molecule has 2 aliphatic rings. The van der Waals surface area contributed by atoms with Gasteiger partial charge in [0.1, 0.15) is 5.69 Å². The van der Waals surface area contributed by atoms with Crippen LogP contribution in [0.2, 0.25) is 0 Å². The average molecular weight is 419 g/mol. The van der Waals surface area contributed by atoms with Gasteiger partial charge in [-0.1, -0.05) is 6.92 Å². The van der Waals surface area contributed by atoms with Crippen LogP contribution in [0.15, 0.2) is 36.7 Å². The summed E-state index contributed by atoms with van der Waals surface area (Å²) in [6, 6.07) is 8.14. The zero-order chi connectivity index (χ0) is 21.5. The molecule has 3 aromatic heterocycles. The number of nitrogens with one attached hydrogen (secondary N) is 2. The summed E-state index contributed by atoms with van der Waals surface area (Å²) in [4.78, 5) is 35.4. The minimum absolute atomic E-state index is 0.0281. The number of hydrogen-bond donors (Lipinski definition) is 2. The average Bonchev–Trinajstić information content (AvgIpc) is 3.17. The zero-order valence-electron chi connectivity index (χ0n) is 17.8. The summed E-state index contributed by atoms with van der Waals surface area (Å²) in [5.74, 6) is -0.0459. The number of hydrogen-bond acceptors (Lipinski definition) is 5. The molecule has 0 bridgehead atoms. The number of carbonyl (C=O) groups is 2. The fraction of sp³-hybridized carbons (Fsp3) is 0.391. The third-order valence-corrected chi connectivity index (χ3v) is 6.36. The summed E-state index contributed by atoms with van der Waals surface area (Å²) >= 11 is 0. The van der Waals surface area contributed by atoms with E-state index in [1.807, 2.05) is 31.5 Å². The van der Waals surface area contributed by atoms with Gasteiger partial charge in [-0.05, 0) is 36.2 Å². The molecule has 0 aliphatic carbocycles. The second kappa shape index (κ2) is 7.77. The Hall–Kier alpha value is -3.26. The molecule has 5 heterocycles. The highest BCUT2D eigenvalue weighted by Crippen LogP contribution is 2.30. The second-order valence-electron chi connectivity index (χ2n) is 8.39. The largest absolute Gasteiger partial charge is 0.354 e. The lowest BCUT2D eigenvalue weighted by Crippen LogP contribution is -2.46. The lowest BCUT2D eigenvalue weighted by atomic mass is 9.94. The van der Waals surface area contributed by atoms with E-state index in [0.717, 1.165) is 60.5 Å². The third kappa shape index (κ3) is 3.57. The van der Waals surface area contributed by atoms with Crippen LogP contribution in [-0.2, 0) is 17.8 Å². The Balaban J connectivity index is 1.24. The first-order chi connectivity index (χ1) is 15.1. The van der Waals surface area contributed by atoms with Crippen LogP contribution >= 0.6 is 0 Å². The van der Waals surface area contributed by atoms with Gasteiger partial charge >= 0.3 is 0 Å². The van der Waals surface area contributed by atoms with Crippen molar-refractivity contribution in [2.75, 3.05) is 25.5 Å². The Morgan fingerprint density at radius 3 is 2.90 bits per heavy atom. The molecule has 2 amide bonds. The van der Waals surface area contributed by atoms with Gasteiger partial charge in [-0.15, -0.1) is 0 Å². The quantitative estimate of drug-likeness (QED) is 0.664. The highest BCUT2D eigenvalue weighted by molar-refractivity contribution is 5.95. The van der Waals surface area contributed by atoms with E-state index in [1.54, 1.807) is 13.1 Å². The molecule has 1 fully saturated rings. The normalized spacial score (nSPS) is 19.0. The van der Waals surface area contributed by atoms with Crippen molar-refractivity contribution < 1.29 is 9.59 Å². The van der Waals surface area contributed by atoms with Crippen LogP contribution in [0.3, 0.4) is 0 Å². The molecule has 0 saturated carbocycles. The van der Waals surface area contributed by atoms with Crippen molar-refractivity contribution in [2.45, 2.75) is 32.4 Å². The maximum absolute atomic E-state index is 12.2. The van der Waals surface area contributed by atoms with E-state index < -0.39 is 0 Å². The first kappa shape index (κ1) is 19.7. The van der Waals surface area contributed by atoms with Gasteiger partial charge in [0.25, 0.3) is 5.91 Å². The molecule has 160 valence electrons. The Morgan fingerprint density at radius 2 is 2.13 bits per heavy atom. The number of pyridine rings is 2. The third-order valence-electron chi connectivity index (χ3n) is 6.36. The number of rotatable bonds is 5. The monoisotopic (exact) mass is 418 g/mol. The standard InChI is InChI=1S/C23H26N6O2/c1-3-15-9-19-20(27-22(15)30)8-14(10-25-19)11-28-12-16(13-28)29-7-6-17-21(29)5-4-18(26-17)23(31)24-2/h4-8,10,15-16H,3,9,11-13H2,1-2H3,(H,24,31)(H,27,30). The van der Waals surface area contributed by atoms with Crippen molar-refractivity contribution in [3.8, 4) is 0 Å². The lowest BCUT2D eigenvalue weighted by molar-refractivity contribution is -0.120. The molecular weight excluding hydrogens is 392 g/mol. The van der Waals surface area contributed by atoms with Gasteiger partial charge in [0, 0.05) is 51.4 Å². The number of aromatic nitrogens is 3. The van der Waals surface area contributed by atoms with E-state index >= 15 is 0 Å². The van der Waals surface area contributed by atoms with E-state index in [1.165, 1.54) is 0 Å². The summed E-state index contributed by atoms with van der Waals surface area (Å²) < 4.78 is 2.24. The summed E-state index contributed by atoms with van der Waals surface area (Å²) in [5.41, 5.74) is 5.26. The Morgan fingerprint density at radius 1 is 1.29 bits per heavy atom. The molecule has 0 spiro atoms. The van der Waals surface area contributed by atoms with Gasteiger partial charge in [0.2, 0.25) is 5.91 Å². The smallest absolute Gasteiger partial charge is 0.269 e. The van der Waals surface area contributed by atoms with E-state index in [4.69, 9.17) is 0 Å². The first-order valence-corrected chi connectivity index (χ1v) is 10.8. The summed E-state index contributed by atoms with van der Waals surface area (Å²) in [6.45, 7) is 4.71. The van der Waals surface area contributed by atoms with Gasteiger partial charge in [0.15, 0.2) is 0 Å². The number of anilines is 1. The molecule has 2 aliphatic heterocycles. The van der Waals surface area contributed by atoms with E-state index in [9.17, 15) is 9.59 Å². The number of amides is 2. The van der Waals surface area contributed by atoms with Crippen molar-refractivity contribution >= 4 is 28.5 Å². The molecular formula is C23H26N6O2. The zero-order valence-corrected chi connectivity index (χ0v) is 17.8. The predicted octanol–water partition coefficient (Wildman–Crippen LogP) is 2.37. The lowest BCUT2D eigenvalue weighted by Gasteiger charge is -2.40.